The Hall–Kier alpha value is -2.74. The van der Waals surface area contributed by atoms with Crippen molar-refractivity contribution in [3.8, 4) is 0 Å². The molecule has 134 valence electrons. The highest BCUT2D eigenvalue weighted by atomic mass is 16.3. The average molecular weight is 353 g/mol. The number of nitrogens with zero attached hydrogens (tertiary/aromatic N) is 1. The van der Waals surface area contributed by atoms with Gasteiger partial charge in [-0.15, -0.1) is 0 Å². The van der Waals surface area contributed by atoms with E-state index in [-0.39, 0.29) is 0 Å². The van der Waals surface area contributed by atoms with Crippen LogP contribution < -0.4 is 0 Å². The highest BCUT2D eigenvalue weighted by Gasteiger charge is 2.19. The van der Waals surface area contributed by atoms with E-state index in [0.717, 1.165) is 17.1 Å². The Morgan fingerprint density at radius 2 is 1.67 bits per heavy atom. The number of fused-ring (bicyclic) bond motifs is 7. The zero-order valence-corrected chi connectivity index (χ0v) is 15.7. The first kappa shape index (κ1) is 15.3. The molecule has 0 amide bonds. The lowest BCUT2D eigenvalue weighted by Crippen LogP contribution is -2.04. The summed E-state index contributed by atoms with van der Waals surface area (Å²) in [4.78, 5) is 0. The number of furan rings is 1. The van der Waals surface area contributed by atoms with Crippen molar-refractivity contribution in [3.63, 3.8) is 0 Å². The van der Waals surface area contributed by atoms with E-state index in [1.54, 1.807) is 0 Å². The van der Waals surface area contributed by atoms with Crippen molar-refractivity contribution in [2.45, 2.75) is 38.0 Å². The average Bonchev–Trinajstić information content (AvgIpc) is 3.24. The predicted molar refractivity (Wildman–Crippen MR) is 114 cm³/mol. The maximum atomic E-state index is 6.12. The van der Waals surface area contributed by atoms with Crippen LogP contribution in [-0.2, 0) is 7.05 Å². The number of para-hydroxylation sites is 1. The standard InChI is InChI=1S/C25H23NO/c1-26-21-13-11-17(16-7-3-2-4-8-16)15-20(21)18-12-14-23-24(25(18)26)19-9-5-6-10-22(19)27-23/h5-6,9-16H,2-4,7-8H2,1H3. The molecule has 0 radical (unpaired) electrons. The maximum Gasteiger partial charge on any atom is 0.137 e. The van der Waals surface area contributed by atoms with Gasteiger partial charge in [0, 0.05) is 28.7 Å². The number of benzene rings is 3. The number of hydrogen-bond donors (Lipinski definition) is 0. The van der Waals surface area contributed by atoms with E-state index in [1.165, 1.54) is 70.2 Å². The molecular weight excluding hydrogens is 330 g/mol. The van der Waals surface area contributed by atoms with Gasteiger partial charge in [-0.1, -0.05) is 43.5 Å². The lowest BCUT2D eigenvalue weighted by atomic mass is 9.84. The molecule has 5 aromatic rings. The summed E-state index contributed by atoms with van der Waals surface area (Å²) in [6.45, 7) is 0. The number of rotatable bonds is 1. The van der Waals surface area contributed by atoms with Crippen molar-refractivity contribution in [1.29, 1.82) is 0 Å². The fourth-order valence-corrected chi connectivity index (χ4v) is 5.24. The molecule has 6 rings (SSSR count). The topological polar surface area (TPSA) is 18.1 Å². The van der Waals surface area contributed by atoms with Gasteiger partial charge >= 0.3 is 0 Å². The van der Waals surface area contributed by atoms with Gasteiger partial charge in [0.1, 0.15) is 11.2 Å². The van der Waals surface area contributed by atoms with Crippen LogP contribution in [0.2, 0.25) is 0 Å². The van der Waals surface area contributed by atoms with E-state index < -0.39 is 0 Å². The Morgan fingerprint density at radius 3 is 2.56 bits per heavy atom. The summed E-state index contributed by atoms with van der Waals surface area (Å²) in [5.74, 6) is 0.733. The molecule has 1 aliphatic rings. The Bertz CT molecular complexity index is 1310. The minimum absolute atomic E-state index is 0.733. The van der Waals surface area contributed by atoms with Gasteiger partial charge in [-0.2, -0.15) is 0 Å². The third kappa shape index (κ3) is 2.13. The van der Waals surface area contributed by atoms with Gasteiger partial charge in [0.25, 0.3) is 0 Å². The third-order valence-electron chi connectivity index (χ3n) is 6.60. The molecule has 0 atom stereocenters. The minimum Gasteiger partial charge on any atom is -0.456 e. The Kier molecular flexibility index (Phi) is 3.19. The molecule has 0 spiro atoms. The largest absolute Gasteiger partial charge is 0.456 e. The number of aryl methyl sites for hydroxylation is 1. The minimum atomic E-state index is 0.733. The fraction of sp³-hybridized carbons (Fsp3) is 0.280. The monoisotopic (exact) mass is 353 g/mol. The molecule has 1 aliphatic carbocycles. The van der Waals surface area contributed by atoms with E-state index in [9.17, 15) is 0 Å². The molecule has 0 bridgehead atoms. The molecule has 0 saturated heterocycles. The first-order valence-corrected chi connectivity index (χ1v) is 10.1. The summed E-state index contributed by atoms with van der Waals surface area (Å²) >= 11 is 0. The summed E-state index contributed by atoms with van der Waals surface area (Å²) in [6.07, 6.45) is 6.83. The molecule has 1 fully saturated rings. The lowest BCUT2D eigenvalue weighted by Gasteiger charge is -2.22. The van der Waals surface area contributed by atoms with Crippen molar-refractivity contribution >= 4 is 43.7 Å². The van der Waals surface area contributed by atoms with Crippen LogP contribution in [0.5, 0.6) is 0 Å². The smallest absolute Gasteiger partial charge is 0.137 e. The van der Waals surface area contributed by atoms with E-state index in [4.69, 9.17) is 4.42 Å². The molecule has 1 saturated carbocycles. The third-order valence-corrected chi connectivity index (χ3v) is 6.60. The van der Waals surface area contributed by atoms with Gasteiger partial charge in [-0.05, 0) is 54.7 Å². The van der Waals surface area contributed by atoms with E-state index in [2.05, 4.69) is 60.1 Å². The van der Waals surface area contributed by atoms with Crippen molar-refractivity contribution in [2.24, 2.45) is 7.05 Å². The van der Waals surface area contributed by atoms with E-state index in [0.29, 0.717) is 0 Å². The molecule has 3 aromatic carbocycles. The van der Waals surface area contributed by atoms with Gasteiger partial charge in [0.2, 0.25) is 0 Å². The van der Waals surface area contributed by atoms with Gasteiger partial charge in [0.15, 0.2) is 0 Å². The van der Waals surface area contributed by atoms with Crippen LogP contribution in [0, 0.1) is 0 Å². The van der Waals surface area contributed by atoms with Gasteiger partial charge in [-0.25, -0.2) is 0 Å². The highest BCUT2D eigenvalue weighted by Crippen LogP contribution is 2.40. The molecular formula is C25H23NO. The van der Waals surface area contributed by atoms with E-state index >= 15 is 0 Å². The normalized spacial score (nSPS) is 16.2. The van der Waals surface area contributed by atoms with Crippen LogP contribution in [0.1, 0.15) is 43.6 Å². The predicted octanol–water partition coefficient (Wildman–Crippen LogP) is 7.28. The van der Waals surface area contributed by atoms with Gasteiger partial charge in [0.05, 0.1) is 10.9 Å². The van der Waals surface area contributed by atoms with Crippen molar-refractivity contribution in [2.75, 3.05) is 0 Å². The second-order valence-electron chi connectivity index (χ2n) is 8.10. The summed E-state index contributed by atoms with van der Waals surface area (Å²) in [5, 5.41) is 5.16. The Labute approximate surface area is 158 Å². The summed E-state index contributed by atoms with van der Waals surface area (Å²) in [6, 6.07) is 19.9. The molecule has 0 unspecified atom stereocenters. The van der Waals surface area contributed by atoms with Crippen LogP contribution in [0.15, 0.2) is 59.0 Å². The second kappa shape index (κ2) is 5.63. The molecule has 2 nitrogen and oxygen atoms in total. The number of aromatic nitrogens is 1. The lowest BCUT2D eigenvalue weighted by molar-refractivity contribution is 0.444. The van der Waals surface area contributed by atoms with Gasteiger partial charge < -0.3 is 8.98 Å². The Morgan fingerprint density at radius 1 is 0.815 bits per heavy atom. The molecule has 2 heteroatoms. The first-order valence-electron chi connectivity index (χ1n) is 10.1. The summed E-state index contributed by atoms with van der Waals surface area (Å²) in [5.41, 5.74) is 6.05. The Balaban J connectivity index is 1.69. The quantitative estimate of drug-likeness (QED) is 0.310. The number of hydrogen-bond acceptors (Lipinski definition) is 1. The van der Waals surface area contributed by atoms with Crippen LogP contribution in [0.25, 0.3) is 43.7 Å². The second-order valence-corrected chi connectivity index (χ2v) is 8.10. The SMILES string of the molecule is Cn1c2ccc(C3CCCCC3)cc2c2ccc3oc4ccccc4c3c21. The van der Waals surface area contributed by atoms with Crippen LogP contribution in [0.4, 0.5) is 0 Å². The van der Waals surface area contributed by atoms with Crippen molar-refractivity contribution in [1.82, 2.24) is 4.57 Å². The maximum absolute atomic E-state index is 6.12. The first-order chi connectivity index (χ1) is 13.3. The molecule has 2 heterocycles. The molecule has 0 aliphatic heterocycles. The van der Waals surface area contributed by atoms with Crippen molar-refractivity contribution < 1.29 is 4.42 Å². The molecule has 0 N–H and O–H groups in total. The zero-order valence-electron chi connectivity index (χ0n) is 15.7. The van der Waals surface area contributed by atoms with Crippen LogP contribution in [0.3, 0.4) is 0 Å². The summed E-state index contributed by atoms with van der Waals surface area (Å²) < 4.78 is 8.46. The van der Waals surface area contributed by atoms with E-state index in [1.807, 2.05) is 6.07 Å². The fourth-order valence-electron chi connectivity index (χ4n) is 5.24. The van der Waals surface area contributed by atoms with Crippen molar-refractivity contribution in [3.05, 3.63) is 60.2 Å². The molecule has 2 aromatic heterocycles. The van der Waals surface area contributed by atoms with Gasteiger partial charge in [-0.3, -0.25) is 0 Å². The van der Waals surface area contributed by atoms with Crippen LogP contribution in [-0.4, -0.2) is 4.57 Å². The van der Waals surface area contributed by atoms with Crippen LogP contribution >= 0.6 is 0 Å². The summed E-state index contributed by atoms with van der Waals surface area (Å²) in [7, 11) is 2.19. The molecule has 27 heavy (non-hydrogen) atoms. The zero-order chi connectivity index (χ0) is 18.0. The highest BCUT2D eigenvalue weighted by molar-refractivity contribution is 6.23.